The predicted octanol–water partition coefficient (Wildman–Crippen LogP) is 4.47. The number of carbonyl (C=O) groups is 1. The quantitative estimate of drug-likeness (QED) is 0.583. The Morgan fingerprint density at radius 2 is 1.59 bits per heavy atom. The third-order valence-electron chi connectivity index (χ3n) is 6.99. The summed E-state index contributed by atoms with van der Waals surface area (Å²) in [6, 6.07) is 25.1. The number of aromatic nitrogens is 1. The SMILES string of the molecule is CN(c1ccccc1)c1ccc(CN2CCC3(CCN(Cc4ccccn4)C3=O)C2)cc1. The smallest absolute Gasteiger partial charge is 0.230 e. The second-order valence-electron chi connectivity index (χ2n) is 9.10. The molecular formula is C27H30N4O. The molecule has 1 aromatic heterocycles. The molecule has 32 heavy (non-hydrogen) atoms. The summed E-state index contributed by atoms with van der Waals surface area (Å²) in [7, 11) is 2.09. The minimum Gasteiger partial charge on any atom is -0.345 e. The van der Waals surface area contributed by atoms with Gasteiger partial charge in [-0.3, -0.25) is 14.7 Å². The van der Waals surface area contributed by atoms with Gasteiger partial charge in [0.2, 0.25) is 5.91 Å². The van der Waals surface area contributed by atoms with Crippen molar-refractivity contribution in [3.8, 4) is 0 Å². The van der Waals surface area contributed by atoms with Crippen molar-refractivity contribution in [3.05, 3.63) is 90.3 Å². The lowest BCUT2D eigenvalue weighted by atomic mass is 9.85. The summed E-state index contributed by atoms with van der Waals surface area (Å²) in [5, 5.41) is 0. The second-order valence-corrected chi connectivity index (χ2v) is 9.10. The van der Waals surface area contributed by atoms with Crippen molar-refractivity contribution in [2.75, 3.05) is 31.6 Å². The number of hydrogen-bond donors (Lipinski definition) is 0. The average molecular weight is 427 g/mol. The van der Waals surface area contributed by atoms with Crippen LogP contribution >= 0.6 is 0 Å². The molecule has 0 bridgehead atoms. The predicted molar refractivity (Wildman–Crippen MR) is 128 cm³/mol. The van der Waals surface area contributed by atoms with Crippen LogP contribution in [-0.2, 0) is 17.9 Å². The van der Waals surface area contributed by atoms with Gasteiger partial charge in [0.25, 0.3) is 0 Å². The standard InChI is InChI=1S/C27H30N4O/c1-29(24-8-3-2-4-9-24)25-12-10-22(11-13-25)19-30-17-14-27(21-30)15-18-31(26(27)32)20-23-7-5-6-16-28-23/h2-13,16H,14-15,17-21H2,1H3. The van der Waals surface area contributed by atoms with Crippen molar-refractivity contribution < 1.29 is 4.79 Å². The fourth-order valence-corrected chi connectivity index (χ4v) is 5.09. The molecule has 2 aliphatic heterocycles. The van der Waals surface area contributed by atoms with Gasteiger partial charge in [-0.15, -0.1) is 0 Å². The molecule has 1 atom stereocenters. The van der Waals surface area contributed by atoms with E-state index >= 15 is 0 Å². The van der Waals surface area contributed by atoms with Gasteiger partial charge in [0, 0.05) is 44.3 Å². The van der Waals surface area contributed by atoms with Crippen LogP contribution in [0.1, 0.15) is 24.1 Å². The van der Waals surface area contributed by atoms with Crippen LogP contribution in [0.15, 0.2) is 79.0 Å². The fourth-order valence-electron chi connectivity index (χ4n) is 5.09. The maximum absolute atomic E-state index is 13.3. The number of nitrogens with zero attached hydrogens (tertiary/aromatic N) is 4. The first kappa shape index (κ1) is 20.7. The lowest BCUT2D eigenvalue weighted by Gasteiger charge is -2.24. The Kier molecular flexibility index (Phi) is 5.66. The van der Waals surface area contributed by atoms with Gasteiger partial charge in [0.05, 0.1) is 17.7 Å². The van der Waals surface area contributed by atoms with Gasteiger partial charge in [0.1, 0.15) is 0 Å². The van der Waals surface area contributed by atoms with Crippen molar-refractivity contribution in [3.63, 3.8) is 0 Å². The van der Waals surface area contributed by atoms with E-state index in [0.29, 0.717) is 12.5 Å². The molecule has 1 spiro atoms. The molecule has 5 heteroatoms. The number of likely N-dealkylation sites (tertiary alicyclic amines) is 2. The Hall–Kier alpha value is -3.18. The van der Waals surface area contributed by atoms with Crippen LogP contribution in [0.5, 0.6) is 0 Å². The highest BCUT2D eigenvalue weighted by atomic mass is 16.2. The molecule has 1 amide bonds. The molecule has 3 heterocycles. The Labute approximate surface area is 190 Å². The van der Waals surface area contributed by atoms with E-state index in [-0.39, 0.29) is 5.41 Å². The van der Waals surface area contributed by atoms with Gasteiger partial charge in [-0.1, -0.05) is 36.4 Å². The van der Waals surface area contributed by atoms with E-state index in [0.717, 1.165) is 44.7 Å². The van der Waals surface area contributed by atoms with Gasteiger partial charge in [0.15, 0.2) is 0 Å². The summed E-state index contributed by atoms with van der Waals surface area (Å²) >= 11 is 0. The first-order valence-corrected chi connectivity index (χ1v) is 11.4. The highest BCUT2D eigenvalue weighted by Gasteiger charge is 2.50. The number of hydrogen-bond acceptors (Lipinski definition) is 4. The maximum Gasteiger partial charge on any atom is 0.230 e. The van der Waals surface area contributed by atoms with Crippen LogP contribution < -0.4 is 4.90 Å². The number of pyridine rings is 1. The highest BCUT2D eigenvalue weighted by Crippen LogP contribution is 2.41. The fraction of sp³-hybridized carbons (Fsp3) is 0.333. The van der Waals surface area contributed by atoms with E-state index in [1.165, 1.54) is 16.9 Å². The summed E-state index contributed by atoms with van der Waals surface area (Å²) in [6.45, 7) is 4.19. The number of benzene rings is 2. The van der Waals surface area contributed by atoms with Gasteiger partial charge in [-0.05, 0) is 61.3 Å². The normalized spacial score (nSPS) is 20.9. The molecular weight excluding hydrogens is 396 g/mol. The van der Waals surface area contributed by atoms with Crippen LogP contribution in [0.4, 0.5) is 11.4 Å². The molecule has 2 aliphatic rings. The zero-order valence-corrected chi connectivity index (χ0v) is 18.7. The lowest BCUT2D eigenvalue weighted by molar-refractivity contribution is -0.136. The first-order chi connectivity index (χ1) is 15.6. The summed E-state index contributed by atoms with van der Waals surface area (Å²) < 4.78 is 0. The van der Waals surface area contributed by atoms with Crippen molar-refractivity contribution in [2.45, 2.75) is 25.9 Å². The third kappa shape index (κ3) is 4.13. The van der Waals surface area contributed by atoms with Gasteiger partial charge < -0.3 is 9.80 Å². The van der Waals surface area contributed by atoms with Crippen LogP contribution in [0.3, 0.4) is 0 Å². The van der Waals surface area contributed by atoms with E-state index < -0.39 is 0 Å². The minimum absolute atomic E-state index is 0.206. The second kappa shape index (κ2) is 8.75. The number of rotatable bonds is 6. The van der Waals surface area contributed by atoms with Crippen LogP contribution in [0, 0.1) is 5.41 Å². The number of amides is 1. The van der Waals surface area contributed by atoms with Crippen molar-refractivity contribution in [1.29, 1.82) is 0 Å². The molecule has 3 aromatic rings. The minimum atomic E-state index is -0.206. The zero-order chi connectivity index (χ0) is 22.0. The molecule has 5 rings (SSSR count). The van der Waals surface area contributed by atoms with Gasteiger partial charge in [-0.25, -0.2) is 0 Å². The molecule has 5 nitrogen and oxygen atoms in total. The van der Waals surface area contributed by atoms with E-state index in [1.807, 2.05) is 29.2 Å². The molecule has 2 aromatic carbocycles. The van der Waals surface area contributed by atoms with Crippen LogP contribution in [0.25, 0.3) is 0 Å². The monoisotopic (exact) mass is 426 g/mol. The third-order valence-corrected chi connectivity index (χ3v) is 6.99. The highest BCUT2D eigenvalue weighted by molar-refractivity contribution is 5.85. The summed E-state index contributed by atoms with van der Waals surface area (Å²) in [4.78, 5) is 24.3. The first-order valence-electron chi connectivity index (χ1n) is 11.4. The topological polar surface area (TPSA) is 39.7 Å². The molecule has 164 valence electrons. The average Bonchev–Trinajstić information content (AvgIpc) is 3.39. The van der Waals surface area contributed by atoms with E-state index in [4.69, 9.17) is 0 Å². The van der Waals surface area contributed by atoms with Crippen LogP contribution in [0.2, 0.25) is 0 Å². The zero-order valence-electron chi connectivity index (χ0n) is 18.7. The lowest BCUT2D eigenvalue weighted by Crippen LogP contribution is -2.36. The van der Waals surface area contributed by atoms with E-state index in [9.17, 15) is 4.79 Å². The maximum atomic E-state index is 13.3. The summed E-state index contributed by atoms with van der Waals surface area (Å²) in [5.41, 5.74) is 4.41. The number of anilines is 2. The Bertz CT molecular complexity index is 1050. The molecule has 2 saturated heterocycles. The summed E-state index contributed by atoms with van der Waals surface area (Å²) in [6.07, 6.45) is 3.71. The number of carbonyl (C=O) groups excluding carboxylic acids is 1. The molecule has 0 radical (unpaired) electrons. The number of para-hydroxylation sites is 1. The van der Waals surface area contributed by atoms with Gasteiger partial charge >= 0.3 is 0 Å². The molecule has 0 aliphatic carbocycles. The van der Waals surface area contributed by atoms with Crippen LogP contribution in [-0.4, -0.2) is 47.4 Å². The van der Waals surface area contributed by atoms with Crippen molar-refractivity contribution >= 4 is 17.3 Å². The van der Waals surface area contributed by atoms with E-state index in [1.54, 1.807) is 6.20 Å². The molecule has 0 saturated carbocycles. The van der Waals surface area contributed by atoms with Crippen molar-refractivity contribution in [2.24, 2.45) is 5.41 Å². The largest absolute Gasteiger partial charge is 0.345 e. The Morgan fingerprint density at radius 1 is 0.875 bits per heavy atom. The van der Waals surface area contributed by atoms with E-state index in [2.05, 4.69) is 70.4 Å². The Morgan fingerprint density at radius 3 is 2.34 bits per heavy atom. The van der Waals surface area contributed by atoms with Crippen molar-refractivity contribution in [1.82, 2.24) is 14.8 Å². The summed E-state index contributed by atoms with van der Waals surface area (Å²) in [5.74, 6) is 0.311. The molecule has 1 unspecified atom stereocenters. The van der Waals surface area contributed by atoms with Gasteiger partial charge in [-0.2, -0.15) is 0 Å². The molecule has 0 N–H and O–H groups in total. The molecule has 2 fully saturated rings. The Balaban J connectivity index is 1.19.